The van der Waals surface area contributed by atoms with Crippen LogP contribution in [0, 0.1) is 17.7 Å². The highest BCUT2D eigenvalue weighted by atomic mass is 19.1. The number of hydrogen-bond donors (Lipinski definition) is 2. The second kappa shape index (κ2) is 9.13. The van der Waals surface area contributed by atoms with Gasteiger partial charge >= 0.3 is 5.97 Å². The van der Waals surface area contributed by atoms with E-state index in [1.54, 1.807) is 36.4 Å². The van der Waals surface area contributed by atoms with E-state index in [4.69, 9.17) is 19.3 Å². The number of carboxylic acid groups (broad SMARTS) is 1. The fraction of sp³-hybridized carbons (Fsp3) is 0.409. The summed E-state index contributed by atoms with van der Waals surface area (Å²) in [5.41, 5.74) is 0.499. The molecule has 0 aromatic heterocycles. The number of aliphatic hydroxyl groups is 1. The number of hydrogen-bond acceptors (Lipinski definition) is 5. The van der Waals surface area contributed by atoms with E-state index in [9.17, 15) is 14.3 Å². The van der Waals surface area contributed by atoms with E-state index in [0.717, 1.165) is 12.8 Å². The first-order valence-corrected chi connectivity index (χ1v) is 9.51. The maximum atomic E-state index is 13.9. The topological polar surface area (TPSA) is 85.2 Å². The Morgan fingerprint density at radius 1 is 1.24 bits per heavy atom. The third kappa shape index (κ3) is 4.98. The van der Waals surface area contributed by atoms with Crippen molar-refractivity contribution in [1.29, 1.82) is 0 Å². The monoisotopic (exact) mass is 404 g/mol. The summed E-state index contributed by atoms with van der Waals surface area (Å²) in [5, 5.41) is 19.2. The summed E-state index contributed by atoms with van der Waals surface area (Å²) in [6, 6.07) is 11.4. The van der Waals surface area contributed by atoms with Crippen LogP contribution in [0.25, 0.3) is 0 Å². The van der Waals surface area contributed by atoms with Crippen molar-refractivity contribution in [2.45, 2.75) is 32.0 Å². The minimum atomic E-state index is -1.10. The molecule has 2 aromatic carbocycles. The summed E-state index contributed by atoms with van der Waals surface area (Å²) < 4.78 is 30.6. The molecule has 2 aromatic rings. The van der Waals surface area contributed by atoms with Crippen molar-refractivity contribution in [3.63, 3.8) is 0 Å². The average Bonchev–Trinajstić information content (AvgIpc) is 2.69. The zero-order valence-corrected chi connectivity index (χ0v) is 16.4. The molecule has 0 heterocycles. The molecule has 0 saturated heterocycles. The number of aliphatic hydroxyl groups excluding tert-OH is 1. The van der Waals surface area contributed by atoms with Gasteiger partial charge in [-0.05, 0) is 55.5 Å². The van der Waals surface area contributed by atoms with Gasteiger partial charge in [0.05, 0.1) is 31.8 Å². The van der Waals surface area contributed by atoms with Crippen LogP contribution in [0.2, 0.25) is 0 Å². The smallest absolute Gasteiger partial charge is 0.309 e. The molecule has 1 fully saturated rings. The van der Waals surface area contributed by atoms with E-state index in [2.05, 4.69) is 0 Å². The number of para-hydroxylation sites is 1. The van der Waals surface area contributed by atoms with E-state index in [1.165, 1.54) is 20.1 Å². The number of carboxylic acids is 1. The van der Waals surface area contributed by atoms with E-state index in [-0.39, 0.29) is 17.8 Å². The fourth-order valence-corrected chi connectivity index (χ4v) is 3.26. The quantitative estimate of drug-likeness (QED) is 0.661. The lowest BCUT2D eigenvalue weighted by molar-refractivity contribution is -0.145. The summed E-state index contributed by atoms with van der Waals surface area (Å²) in [6.45, 7) is 1.92. The SMILES string of the molecule is COc1cccc(F)c1OC1CC(COc2cccc([C@H](O)[C@H](C)C(=O)O)c2)C1. The summed E-state index contributed by atoms with van der Waals surface area (Å²) in [6.07, 6.45) is 0.262. The van der Waals surface area contributed by atoms with Gasteiger partial charge in [0.2, 0.25) is 0 Å². The zero-order chi connectivity index (χ0) is 21.0. The molecule has 0 radical (unpaired) electrons. The van der Waals surface area contributed by atoms with Crippen molar-refractivity contribution in [3.05, 3.63) is 53.8 Å². The number of aliphatic carboxylic acids is 1. The molecule has 2 N–H and O–H groups in total. The minimum absolute atomic E-state index is 0.0982. The van der Waals surface area contributed by atoms with Crippen LogP contribution in [-0.2, 0) is 4.79 Å². The molecule has 1 aliphatic carbocycles. The van der Waals surface area contributed by atoms with Crippen LogP contribution in [0.4, 0.5) is 4.39 Å². The molecule has 0 aliphatic heterocycles. The van der Waals surface area contributed by atoms with E-state index in [0.29, 0.717) is 23.7 Å². The van der Waals surface area contributed by atoms with Gasteiger partial charge in [-0.25, -0.2) is 4.39 Å². The highest BCUT2D eigenvalue weighted by molar-refractivity contribution is 5.70. The summed E-state index contributed by atoms with van der Waals surface area (Å²) >= 11 is 0. The normalized spacial score (nSPS) is 20.3. The first kappa shape index (κ1) is 20.9. The van der Waals surface area contributed by atoms with Crippen molar-refractivity contribution in [1.82, 2.24) is 0 Å². The first-order chi connectivity index (χ1) is 13.9. The lowest BCUT2D eigenvalue weighted by Gasteiger charge is -2.35. The van der Waals surface area contributed by atoms with Crippen LogP contribution in [-0.4, -0.2) is 36.0 Å². The number of methoxy groups -OCH3 is 1. The molecule has 0 bridgehead atoms. The molecular formula is C22H25FO6. The van der Waals surface area contributed by atoms with Crippen LogP contribution >= 0.6 is 0 Å². The number of carbonyl (C=O) groups is 1. The Morgan fingerprint density at radius 3 is 2.66 bits per heavy atom. The molecule has 156 valence electrons. The predicted octanol–water partition coefficient (Wildman–Crippen LogP) is 3.82. The van der Waals surface area contributed by atoms with Crippen molar-refractivity contribution in [3.8, 4) is 17.2 Å². The highest BCUT2D eigenvalue weighted by Gasteiger charge is 2.33. The molecule has 1 saturated carbocycles. The van der Waals surface area contributed by atoms with Crippen LogP contribution < -0.4 is 14.2 Å². The Bertz CT molecular complexity index is 849. The molecule has 6 nitrogen and oxygen atoms in total. The van der Waals surface area contributed by atoms with Gasteiger partial charge in [0.15, 0.2) is 17.3 Å². The van der Waals surface area contributed by atoms with Gasteiger partial charge in [-0.2, -0.15) is 0 Å². The lowest BCUT2D eigenvalue weighted by Crippen LogP contribution is -2.37. The molecular weight excluding hydrogens is 379 g/mol. The molecule has 0 unspecified atom stereocenters. The molecule has 2 atom stereocenters. The van der Waals surface area contributed by atoms with Crippen LogP contribution in [0.3, 0.4) is 0 Å². The average molecular weight is 404 g/mol. The van der Waals surface area contributed by atoms with E-state index in [1.807, 2.05) is 0 Å². The first-order valence-electron chi connectivity index (χ1n) is 9.51. The van der Waals surface area contributed by atoms with Gasteiger partial charge in [0.25, 0.3) is 0 Å². The Labute approximate surface area is 168 Å². The van der Waals surface area contributed by atoms with Crippen molar-refractivity contribution < 1.29 is 33.6 Å². The summed E-state index contributed by atoms with van der Waals surface area (Å²) in [5.74, 6) is -1.08. The minimum Gasteiger partial charge on any atom is -0.493 e. The summed E-state index contributed by atoms with van der Waals surface area (Å²) in [4.78, 5) is 11.0. The van der Waals surface area contributed by atoms with Crippen molar-refractivity contribution in [2.24, 2.45) is 11.8 Å². The molecule has 0 spiro atoms. The Hall–Kier alpha value is -2.80. The van der Waals surface area contributed by atoms with Gasteiger partial charge in [0, 0.05) is 0 Å². The molecule has 7 heteroatoms. The van der Waals surface area contributed by atoms with Crippen molar-refractivity contribution >= 4 is 5.97 Å². The fourth-order valence-electron chi connectivity index (χ4n) is 3.26. The molecule has 3 rings (SSSR count). The van der Waals surface area contributed by atoms with E-state index >= 15 is 0 Å². The second-order valence-corrected chi connectivity index (χ2v) is 7.30. The maximum absolute atomic E-state index is 13.9. The molecule has 1 aliphatic rings. The number of halogens is 1. The third-order valence-corrected chi connectivity index (χ3v) is 5.18. The Morgan fingerprint density at radius 2 is 1.97 bits per heavy atom. The Balaban J connectivity index is 1.50. The molecule has 29 heavy (non-hydrogen) atoms. The predicted molar refractivity (Wildman–Crippen MR) is 104 cm³/mol. The van der Waals surface area contributed by atoms with E-state index < -0.39 is 23.8 Å². The number of ether oxygens (including phenoxy) is 3. The van der Waals surface area contributed by atoms with Crippen LogP contribution in [0.5, 0.6) is 17.2 Å². The van der Waals surface area contributed by atoms with Gasteiger partial charge < -0.3 is 24.4 Å². The van der Waals surface area contributed by atoms with Crippen molar-refractivity contribution in [2.75, 3.05) is 13.7 Å². The zero-order valence-electron chi connectivity index (χ0n) is 16.4. The maximum Gasteiger partial charge on any atom is 0.309 e. The largest absolute Gasteiger partial charge is 0.493 e. The van der Waals surface area contributed by atoms with Crippen LogP contribution in [0.15, 0.2) is 42.5 Å². The highest BCUT2D eigenvalue weighted by Crippen LogP contribution is 2.37. The number of rotatable bonds is 9. The molecule has 0 amide bonds. The second-order valence-electron chi connectivity index (χ2n) is 7.30. The van der Waals surface area contributed by atoms with Gasteiger partial charge in [-0.3, -0.25) is 4.79 Å². The van der Waals surface area contributed by atoms with Gasteiger partial charge in [0.1, 0.15) is 5.75 Å². The third-order valence-electron chi connectivity index (χ3n) is 5.18. The lowest BCUT2D eigenvalue weighted by atomic mass is 9.83. The standard InChI is InChI=1S/C22H25FO6/c1-13(22(25)26)20(24)15-5-3-6-16(11-15)28-12-14-9-17(10-14)29-21-18(23)7-4-8-19(21)27-2/h3-8,11,13-14,17,20,24H,9-10,12H2,1-2H3,(H,25,26)/t13-,14?,17?,20+/m0/s1. The van der Waals surface area contributed by atoms with Crippen LogP contribution in [0.1, 0.15) is 31.4 Å². The van der Waals surface area contributed by atoms with Gasteiger partial charge in [-0.1, -0.05) is 18.2 Å². The number of benzene rings is 2. The summed E-state index contributed by atoms with van der Waals surface area (Å²) in [7, 11) is 1.47. The Kier molecular flexibility index (Phi) is 6.59. The van der Waals surface area contributed by atoms with Gasteiger partial charge in [-0.15, -0.1) is 0 Å².